The van der Waals surface area contributed by atoms with Gasteiger partial charge in [-0.25, -0.2) is 4.39 Å². The fraction of sp³-hybridized carbons (Fsp3) is 0.588. The molecule has 3 rings (SSSR count). The van der Waals surface area contributed by atoms with Crippen molar-refractivity contribution in [2.75, 3.05) is 31.1 Å². The summed E-state index contributed by atoms with van der Waals surface area (Å²) in [4.78, 5) is 16.2. The van der Waals surface area contributed by atoms with Crippen LogP contribution >= 0.6 is 0 Å². The van der Waals surface area contributed by atoms with Crippen molar-refractivity contribution >= 4 is 11.6 Å². The number of carbonyl (C=O) groups excluding carboxylic acids is 1. The van der Waals surface area contributed by atoms with E-state index in [1.54, 1.807) is 24.0 Å². The average Bonchev–Trinajstić information content (AvgIpc) is 3.17. The molecular formula is C17H23FN2O2. The van der Waals surface area contributed by atoms with Crippen molar-refractivity contribution in [1.29, 1.82) is 0 Å². The predicted octanol–water partition coefficient (Wildman–Crippen LogP) is 2.27. The highest BCUT2D eigenvalue weighted by atomic mass is 19.1. The molecule has 1 N–H and O–H groups in total. The fourth-order valence-electron chi connectivity index (χ4n) is 3.40. The van der Waals surface area contributed by atoms with Crippen LogP contribution in [0.2, 0.25) is 0 Å². The van der Waals surface area contributed by atoms with Gasteiger partial charge in [-0.2, -0.15) is 0 Å². The van der Waals surface area contributed by atoms with E-state index in [0.717, 1.165) is 32.4 Å². The molecule has 1 aromatic rings. The monoisotopic (exact) mass is 306 g/mol. The minimum Gasteiger partial charge on any atom is -0.393 e. The van der Waals surface area contributed by atoms with Crippen LogP contribution in [-0.2, 0) is 0 Å². The van der Waals surface area contributed by atoms with E-state index in [2.05, 4.69) is 0 Å². The normalized spacial score (nSPS) is 23.1. The maximum atomic E-state index is 14.3. The molecule has 2 atom stereocenters. The van der Waals surface area contributed by atoms with Crippen LogP contribution in [0.3, 0.4) is 0 Å². The van der Waals surface area contributed by atoms with Crippen molar-refractivity contribution in [1.82, 2.24) is 4.90 Å². The van der Waals surface area contributed by atoms with Crippen LogP contribution < -0.4 is 4.90 Å². The quantitative estimate of drug-likeness (QED) is 0.931. The van der Waals surface area contributed by atoms with Crippen LogP contribution in [0.5, 0.6) is 0 Å². The van der Waals surface area contributed by atoms with Crippen LogP contribution in [0.4, 0.5) is 10.1 Å². The molecule has 1 aromatic carbocycles. The molecule has 2 heterocycles. The van der Waals surface area contributed by atoms with E-state index >= 15 is 0 Å². The van der Waals surface area contributed by atoms with Gasteiger partial charge in [-0.05, 0) is 44.4 Å². The van der Waals surface area contributed by atoms with Crippen molar-refractivity contribution < 1.29 is 14.3 Å². The Kier molecular flexibility index (Phi) is 4.34. The lowest BCUT2D eigenvalue weighted by atomic mass is 10.0. The van der Waals surface area contributed by atoms with Gasteiger partial charge in [-0.15, -0.1) is 0 Å². The first-order chi connectivity index (χ1) is 10.6. The van der Waals surface area contributed by atoms with Crippen molar-refractivity contribution in [2.24, 2.45) is 5.92 Å². The summed E-state index contributed by atoms with van der Waals surface area (Å²) in [6.45, 7) is 4.69. The van der Waals surface area contributed by atoms with Crippen LogP contribution in [0.15, 0.2) is 18.2 Å². The second kappa shape index (κ2) is 6.24. The highest BCUT2D eigenvalue weighted by molar-refractivity contribution is 5.94. The number of hydrogen-bond acceptors (Lipinski definition) is 3. The number of amides is 1. The van der Waals surface area contributed by atoms with Gasteiger partial charge in [0.05, 0.1) is 11.8 Å². The summed E-state index contributed by atoms with van der Waals surface area (Å²) in [5.41, 5.74) is 0.990. The second-order valence-electron chi connectivity index (χ2n) is 6.40. The SMILES string of the molecule is CC(O)C1CCN(C(=O)c2ccc(N3CCCC3)c(F)c2)C1. The van der Waals surface area contributed by atoms with E-state index in [-0.39, 0.29) is 17.6 Å². The van der Waals surface area contributed by atoms with Crippen LogP contribution in [0.25, 0.3) is 0 Å². The smallest absolute Gasteiger partial charge is 0.253 e. The first-order valence-corrected chi connectivity index (χ1v) is 8.08. The second-order valence-corrected chi connectivity index (χ2v) is 6.40. The van der Waals surface area contributed by atoms with Gasteiger partial charge in [0.15, 0.2) is 0 Å². The molecule has 0 aliphatic carbocycles. The Hall–Kier alpha value is -1.62. The van der Waals surface area contributed by atoms with Crippen molar-refractivity contribution in [3.8, 4) is 0 Å². The third-order valence-electron chi connectivity index (χ3n) is 4.84. The molecular weight excluding hydrogens is 283 g/mol. The maximum Gasteiger partial charge on any atom is 0.253 e. The number of likely N-dealkylation sites (tertiary alicyclic amines) is 1. The Bertz CT molecular complexity index is 556. The lowest BCUT2D eigenvalue weighted by Gasteiger charge is -2.20. The minimum atomic E-state index is -0.410. The lowest BCUT2D eigenvalue weighted by molar-refractivity contribution is 0.0762. The van der Waals surface area contributed by atoms with E-state index in [9.17, 15) is 14.3 Å². The number of carbonyl (C=O) groups is 1. The molecule has 0 bridgehead atoms. The summed E-state index contributed by atoms with van der Waals surface area (Å²) < 4.78 is 14.3. The average molecular weight is 306 g/mol. The number of rotatable bonds is 3. The Morgan fingerprint density at radius 1 is 1.32 bits per heavy atom. The highest BCUT2D eigenvalue weighted by Crippen LogP contribution is 2.26. The zero-order valence-corrected chi connectivity index (χ0v) is 13.0. The molecule has 0 saturated carbocycles. The van der Waals surface area contributed by atoms with Crippen LogP contribution in [-0.4, -0.2) is 48.2 Å². The standard InChI is InChI=1S/C17H23FN2O2/c1-12(21)14-6-9-20(11-14)17(22)13-4-5-16(15(18)10-13)19-7-2-3-8-19/h4-5,10,12,14,21H,2-3,6-9,11H2,1H3. The Balaban J connectivity index is 1.72. The molecule has 2 saturated heterocycles. The zero-order chi connectivity index (χ0) is 15.7. The topological polar surface area (TPSA) is 43.8 Å². The maximum absolute atomic E-state index is 14.3. The van der Waals surface area contributed by atoms with Crippen molar-refractivity contribution in [2.45, 2.75) is 32.3 Å². The fourth-order valence-corrected chi connectivity index (χ4v) is 3.40. The molecule has 5 heteroatoms. The summed E-state index contributed by atoms with van der Waals surface area (Å²) in [7, 11) is 0. The molecule has 4 nitrogen and oxygen atoms in total. The molecule has 1 amide bonds. The van der Waals surface area contributed by atoms with Crippen LogP contribution in [0.1, 0.15) is 36.5 Å². The first-order valence-electron chi connectivity index (χ1n) is 8.08. The molecule has 2 unspecified atom stereocenters. The number of halogens is 1. The van der Waals surface area contributed by atoms with Gasteiger partial charge in [0.25, 0.3) is 5.91 Å². The van der Waals surface area contributed by atoms with Gasteiger partial charge in [-0.3, -0.25) is 4.79 Å². The number of nitrogens with zero attached hydrogens (tertiary/aromatic N) is 2. The number of hydrogen-bond donors (Lipinski definition) is 1. The van der Waals surface area contributed by atoms with Crippen molar-refractivity contribution in [3.63, 3.8) is 0 Å². The summed E-state index contributed by atoms with van der Waals surface area (Å²) in [5.74, 6) is -0.341. The van der Waals surface area contributed by atoms with E-state index in [4.69, 9.17) is 0 Å². The lowest BCUT2D eigenvalue weighted by Crippen LogP contribution is -2.30. The Morgan fingerprint density at radius 2 is 2.05 bits per heavy atom. The number of anilines is 1. The van der Waals surface area contributed by atoms with Crippen LogP contribution in [0, 0.1) is 11.7 Å². The molecule has 0 aromatic heterocycles. The van der Waals surface area contributed by atoms with Gasteiger partial charge >= 0.3 is 0 Å². The third kappa shape index (κ3) is 2.95. The van der Waals surface area contributed by atoms with Gasteiger partial charge in [0.2, 0.25) is 0 Å². The number of aliphatic hydroxyl groups excluding tert-OH is 1. The molecule has 2 aliphatic heterocycles. The van der Waals surface area contributed by atoms with Gasteiger partial charge in [0.1, 0.15) is 5.82 Å². The third-order valence-corrected chi connectivity index (χ3v) is 4.84. The molecule has 120 valence electrons. The first kappa shape index (κ1) is 15.3. The van der Waals surface area contributed by atoms with E-state index in [1.807, 2.05) is 4.90 Å². The van der Waals surface area contributed by atoms with E-state index in [1.165, 1.54) is 6.07 Å². The minimum absolute atomic E-state index is 0.123. The zero-order valence-electron chi connectivity index (χ0n) is 13.0. The van der Waals surface area contributed by atoms with Gasteiger partial charge < -0.3 is 14.9 Å². The number of benzene rings is 1. The van der Waals surface area contributed by atoms with Gasteiger partial charge in [-0.1, -0.05) is 0 Å². The highest BCUT2D eigenvalue weighted by Gasteiger charge is 2.30. The molecule has 0 spiro atoms. The Labute approximate surface area is 130 Å². The predicted molar refractivity (Wildman–Crippen MR) is 83.5 cm³/mol. The van der Waals surface area contributed by atoms with Gasteiger partial charge in [0, 0.05) is 37.7 Å². The summed E-state index contributed by atoms with van der Waals surface area (Å²) in [6.07, 6.45) is 2.58. The summed E-state index contributed by atoms with van der Waals surface area (Å²) in [6, 6.07) is 4.79. The summed E-state index contributed by atoms with van der Waals surface area (Å²) >= 11 is 0. The molecule has 0 radical (unpaired) electrons. The van der Waals surface area contributed by atoms with E-state index in [0.29, 0.717) is 24.3 Å². The molecule has 2 fully saturated rings. The Morgan fingerprint density at radius 3 is 2.64 bits per heavy atom. The van der Waals surface area contributed by atoms with E-state index < -0.39 is 6.10 Å². The molecule has 2 aliphatic rings. The largest absolute Gasteiger partial charge is 0.393 e. The summed E-state index contributed by atoms with van der Waals surface area (Å²) in [5, 5.41) is 9.62. The number of aliphatic hydroxyl groups is 1. The van der Waals surface area contributed by atoms with Crippen molar-refractivity contribution in [3.05, 3.63) is 29.6 Å². The molecule has 22 heavy (non-hydrogen) atoms.